The summed E-state index contributed by atoms with van der Waals surface area (Å²) in [6.45, 7) is 2.27. The molecule has 0 saturated heterocycles. The standard InChI is InChI=1S/C19H28O/c1-2-5-15-10-12-19(20,13-11-15)18-9-4-8-17(14-18)16-6-3-7-16/h4,8-9,14-16,20H,2-3,5-7,10-13H2,1H3. The Hall–Kier alpha value is -0.820. The summed E-state index contributed by atoms with van der Waals surface area (Å²) in [6.07, 6.45) is 10.9. The van der Waals surface area contributed by atoms with E-state index in [1.165, 1.54) is 56.1 Å². The Balaban J connectivity index is 1.71. The van der Waals surface area contributed by atoms with Crippen molar-refractivity contribution in [2.45, 2.75) is 76.2 Å². The smallest absolute Gasteiger partial charge is 0.0896 e. The summed E-state index contributed by atoms with van der Waals surface area (Å²) >= 11 is 0. The van der Waals surface area contributed by atoms with Crippen molar-refractivity contribution in [1.82, 2.24) is 0 Å². The topological polar surface area (TPSA) is 20.2 Å². The van der Waals surface area contributed by atoms with E-state index in [0.717, 1.165) is 24.7 Å². The highest BCUT2D eigenvalue weighted by atomic mass is 16.3. The molecule has 0 aliphatic heterocycles. The highest BCUT2D eigenvalue weighted by Gasteiger charge is 2.35. The molecule has 1 nitrogen and oxygen atoms in total. The van der Waals surface area contributed by atoms with Crippen molar-refractivity contribution in [2.75, 3.05) is 0 Å². The minimum absolute atomic E-state index is 0.552. The van der Waals surface area contributed by atoms with E-state index in [1.54, 1.807) is 0 Å². The molecule has 0 radical (unpaired) electrons. The first-order chi connectivity index (χ1) is 9.71. The van der Waals surface area contributed by atoms with Gasteiger partial charge in [-0.15, -0.1) is 0 Å². The van der Waals surface area contributed by atoms with Crippen LogP contribution in [0.4, 0.5) is 0 Å². The third-order valence-electron chi connectivity index (χ3n) is 5.63. The number of hydrogen-bond donors (Lipinski definition) is 1. The maximum Gasteiger partial charge on any atom is 0.0896 e. The first-order valence-corrected chi connectivity index (χ1v) is 8.54. The predicted molar refractivity (Wildman–Crippen MR) is 83.8 cm³/mol. The van der Waals surface area contributed by atoms with Crippen LogP contribution in [0.15, 0.2) is 24.3 Å². The van der Waals surface area contributed by atoms with E-state index in [0.29, 0.717) is 0 Å². The Kier molecular flexibility index (Phi) is 4.16. The van der Waals surface area contributed by atoms with Gasteiger partial charge in [0, 0.05) is 0 Å². The van der Waals surface area contributed by atoms with Gasteiger partial charge in [-0.3, -0.25) is 0 Å². The lowest BCUT2D eigenvalue weighted by Crippen LogP contribution is -2.31. The van der Waals surface area contributed by atoms with Crippen LogP contribution in [0.1, 0.15) is 81.8 Å². The van der Waals surface area contributed by atoms with Gasteiger partial charge in [0.05, 0.1) is 5.60 Å². The van der Waals surface area contributed by atoms with Crippen molar-refractivity contribution in [1.29, 1.82) is 0 Å². The van der Waals surface area contributed by atoms with Gasteiger partial charge in [0.2, 0.25) is 0 Å². The third kappa shape index (κ3) is 2.79. The van der Waals surface area contributed by atoms with Crippen LogP contribution in [0.5, 0.6) is 0 Å². The zero-order chi connectivity index (χ0) is 14.0. The van der Waals surface area contributed by atoms with Gasteiger partial charge in [0.25, 0.3) is 0 Å². The molecule has 2 saturated carbocycles. The van der Waals surface area contributed by atoms with Gasteiger partial charge in [-0.1, -0.05) is 50.5 Å². The van der Waals surface area contributed by atoms with Crippen LogP contribution in [-0.2, 0) is 5.60 Å². The second-order valence-electron chi connectivity index (χ2n) is 7.02. The SMILES string of the molecule is CCCC1CCC(O)(c2cccc(C3CCC3)c2)CC1. The molecule has 0 unspecified atom stereocenters. The van der Waals surface area contributed by atoms with Crippen LogP contribution in [0, 0.1) is 5.92 Å². The molecular weight excluding hydrogens is 244 g/mol. The summed E-state index contributed by atoms with van der Waals surface area (Å²) in [6, 6.07) is 8.84. The summed E-state index contributed by atoms with van der Waals surface area (Å²) in [4.78, 5) is 0. The fourth-order valence-electron chi connectivity index (χ4n) is 3.96. The van der Waals surface area contributed by atoms with Crippen molar-refractivity contribution < 1.29 is 5.11 Å². The molecule has 0 aromatic heterocycles. The normalized spacial score (nSPS) is 31.0. The molecule has 1 aromatic carbocycles. The molecule has 2 aliphatic rings. The Morgan fingerprint density at radius 1 is 1.15 bits per heavy atom. The van der Waals surface area contributed by atoms with Crippen LogP contribution in [0.25, 0.3) is 0 Å². The van der Waals surface area contributed by atoms with E-state index in [2.05, 4.69) is 31.2 Å². The maximum absolute atomic E-state index is 11.0. The molecule has 2 aliphatic carbocycles. The molecule has 1 heteroatoms. The zero-order valence-corrected chi connectivity index (χ0v) is 12.8. The minimum atomic E-state index is -0.552. The molecule has 1 aromatic rings. The van der Waals surface area contributed by atoms with Crippen LogP contribution < -0.4 is 0 Å². The minimum Gasteiger partial charge on any atom is -0.385 e. The van der Waals surface area contributed by atoms with Crippen molar-refractivity contribution in [3.8, 4) is 0 Å². The Bertz CT molecular complexity index is 439. The third-order valence-corrected chi connectivity index (χ3v) is 5.63. The summed E-state index contributed by atoms with van der Waals surface area (Å²) < 4.78 is 0. The average molecular weight is 272 g/mol. The monoisotopic (exact) mass is 272 g/mol. The summed E-state index contributed by atoms with van der Waals surface area (Å²) in [5.74, 6) is 1.60. The van der Waals surface area contributed by atoms with Gasteiger partial charge in [-0.2, -0.15) is 0 Å². The lowest BCUT2D eigenvalue weighted by molar-refractivity contribution is -0.0153. The Morgan fingerprint density at radius 3 is 2.50 bits per heavy atom. The average Bonchev–Trinajstić information content (AvgIpc) is 2.40. The fourth-order valence-corrected chi connectivity index (χ4v) is 3.96. The highest BCUT2D eigenvalue weighted by molar-refractivity contribution is 5.31. The zero-order valence-electron chi connectivity index (χ0n) is 12.8. The number of rotatable bonds is 4. The van der Waals surface area contributed by atoms with Crippen LogP contribution in [-0.4, -0.2) is 5.11 Å². The maximum atomic E-state index is 11.0. The van der Waals surface area contributed by atoms with E-state index in [4.69, 9.17) is 0 Å². The largest absolute Gasteiger partial charge is 0.385 e. The molecule has 0 bridgehead atoms. The van der Waals surface area contributed by atoms with Crippen molar-refractivity contribution in [3.63, 3.8) is 0 Å². The molecule has 3 rings (SSSR count). The van der Waals surface area contributed by atoms with Gasteiger partial charge in [-0.25, -0.2) is 0 Å². The molecule has 110 valence electrons. The van der Waals surface area contributed by atoms with Crippen LogP contribution in [0.3, 0.4) is 0 Å². The molecule has 0 spiro atoms. The predicted octanol–water partition coefficient (Wildman–Crippen LogP) is 5.13. The second kappa shape index (κ2) is 5.89. The van der Waals surface area contributed by atoms with Crippen LogP contribution in [0.2, 0.25) is 0 Å². The van der Waals surface area contributed by atoms with Gasteiger partial charge in [-0.05, 0) is 61.5 Å². The van der Waals surface area contributed by atoms with E-state index in [1.807, 2.05) is 0 Å². The van der Waals surface area contributed by atoms with Gasteiger partial charge in [0.15, 0.2) is 0 Å². The molecule has 0 atom stereocenters. The Morgan fingerprint density at radius 2 is 1.90 bits per heavy atom. The van der Waals surface area contributed by atoms with Gasteiger partial charge < -0.3 is 5.11 Å². The molecular formula is C19H28O. The highest BCUT2D eigenvalue weighted by Crippen LogP contribution is 2.43. The number of hydrogen-bond acceptors (Lipinski definition) is 1. The quantitative estimate of drug-likeness (QED) is 0.805. The number of aliphatic hydroxyl groups is 1. The van der Waals surface area contributed by atoms with Gasteiger partial charge >= 0.3 is 0 Å². The van der Waals surface area contributed by atoms with E-state index in [9.17, 15) is 5.11 Å². The molecule has 0 heterocycles. The van der Waals surface area contributed by atoms with E-state index >= 15 is 0 Å². The molecule has 2 fully saturated rings. The molecule has 1 N–H and O–H groups in total. The van der Waals surface area contributed by atoms with Crippen LogP contribution >= 0.6 is 0 Å². The second-order valence-corrected chi connectivity index (χ2v) is 7.02. The Labute approximate surface area is 123 Å². The van der Waals surface area contributed by atoms with Crippen molar-refractivity contribution >= 4 is 0 Å². The summed E-state index contributed by atoms with van der Waals surface area (Å²) in [5.41, 5.74) is 2.08. The summed E-state index contributed by atoms with van der Waals surface area (Å²) in [5, 5.41) is 11.0. The lowest BCUT2D eigenvalue weighted by atomic mass is 9.72. The van der Waals surface area contributed by atoms with Crippen molar-refractivity contribution in [2.24, 2.45) is 5.92 Å². The fraction of sp³-hybridized carbons (Fsp3) is 0.684. The van der Waals surface area contributed by atoms with Gasteiger partial charge in [0.1, 0.15) is 0 Å². The van der Waals surface area contributed by atoms with Crippen molar-refractivity contribution in [3.05, 3.63) is 35.4 Å². The summed E-state index contributed by atoms with van der Waals surface area (Å²) in [7, 11) is 0. The molecule has 0 amide bonds. The van der Waals surface area contributed by atoms with E-state index in [-0.39, 0.29) is 0 Å². The number of benzene rings is 1. The van der Waals surface area contributed by atoms with E-state index < -0.39 is 5.60 Å². The first kappa shape index (κ1) is 14.1. The first-order valence-electron chi connectivity index (χ1n) is 8.54. The lowest BCUT2D eigenvalue weighted by Gasteiger charge is -2.37. The molecule has 20 heavy (non-hydrogen) atoms.